The summed E-state index contributed by atoms with van der Waals surface area (Å²) in [6.45, 7) is 38.6. The third-order valence-corrected chi connectivity index (χ3v) is 20.0. The van der Waals surface area contributed by atoms with E-state index in [0.29, 0.717) is 0 Å². The van der Waals surface area contributed by atoms with Crippen molar-refractivity contribution in [1.82, 2.24) is 0 Å². The van der Waals surface area contributed by atoms with Gasteiger partial charge in [0.25, 0.3) is 6.71 Å². The largest absolute Gasteiger partial charge is 0.311 e. The summed E-state index contributed by atoms with van der Waals surface area (Å²) in [6.07, 6.45) is 4.68. The van der Waals surface area contributed by atoms with Gasteiger partial charge in [0.2, 0.25) is 0 Å². The zero-order chi connectivity index (χ0) is 55.0. The summed E-state index contributed by atoms with van der Waals surface area (Å²) in [4.78, 5) is 7.94. The molecular weight excluding hydrogens is 942 g/mol. The van der Waals surface area contributed by atoms with Crippen LogP contribution in [0.25, 0.3) is 11.1 Å². The lowest BCUT2D eigenvalue weighted by Crippen LogP contribution is -2.62. The van der Waals surface area contributed by atoms with Gasteiger partial charge in [-0.3, -0.25) is 0 Å². The molecule has 0 atom stereocenters. The quantitative estimate of drug-likeness (QED) is 0.159. The van der Waals surface area contributed by atoms with Gasteiger partial charge in [0.1, 0.15) is 0 Å². The summed E-state index contributed by atoms with van der Waals surface area (Å²) in [5, 5.41) is 0. The second-order valence-corrected chi connectivity index (χ2v) is 28.5. The molecule has 78 heavy (non-hydrogen) atoms. The molecule has 3 aliphatic carbocycles. The SMILES string of the molecule is Cc1cc2c3c(c1)N(c1cccc4c1-c1ccc(C(C)(C)C)cc1C4(C)C)c1cc(N(c4ccccc4C)c4ccccc4C)ccc1B3c1cc3c(cc1N2c1ccc2c(c1)C(C)(C)CCC2(C)C)C(C)(C)CCC3(C)C. The van der Waals surface area contributed by atoms with Crippen LogP contribution in [-0.2, 0) is 32.5 Å². The van der Waals surface area contributed by atoms with Gasteiger partial charge >= 0.3 is 0 Å². The molecule has 2 aliphatic heterocycles. The molecule has 0 saturated heterocycles. The maximum Gasteiger partial charge on any atom is 0.252 e. The van der Waals surface area contributed by atoms with Gasteiger partial charge in [-0.2, -0.15) is 0 Å². The van der Waals surface area contributed by atoms with E-state index < -0.39 is 0 Å². The second-order valence-electron chi connectivity index (χ2n) is 28.5. The molecule has 2 heterocycles. The molecule has 5 aliphatic rings. The first-order valence-electron chi connectivity index (χ1n) is 29.2. The molecule has 13 rings (SSSR count). The Balaban J connectivity index is 1.15. The summed E-state index contributed by atoms with van der Waals surface area (Å²) in [6, 6.07) is 57.8. The molecule has 4 heteroatoms. The molecule has 0 bridgehead atoms. The summed E-state index contributed by atoms with van der Waals surface area (Å²) in [5.74, 6) is 0. The summed E-state index contributed by atoms with van der Waals surface area (Å²) < 4.78 is 0. The summed E-state index contributed by atoms with van der Waals surface area (Å²) in [7, 11) is 0. The molecule has 0 N–H and O–H groups in total. The fourth-order valence-electron chi connectivity index (χ4n) is 15.0. The van der Waals surface area contributed by atoms with Crippen molar-refractivity contribution in [2.75, 3.05) is 14.7 Å². The number of rotatable bonds is 5. The molecular formula is C74H80BN3. The van der Waals surface area contributed by atoms with Crippen molar-refractivity contribution in [2.24, 2.45) is 0 Å². The van der Waals surface area contributed by atoms with Crippen molar-refractivity contribution in [3.8, 4) is 11.1 Å². The lowest BCUT2D eigenvalue weighted by Gasteiger charge is -2.48. The molecule has 0 fully saturated rings. The van der Waals surface area contributed by atoms with E-state index in [4.69, 9.17) is 0 Å². The van der Waals surface area contributed by atoms with Crippen LogP contribution in [-0.4, -0.2) is 6.71 Å². The van der Waals surface area contributed by atoms with Crippen molar-refractivity contribution in [3.05, 3.63) is 201 Å². The number of nitrogens with zero attached hydrogens (tertiary/aromatic N) is 3. The van der Waals surface area contributed by atoms with Gasteiger partial charge in [-0.25, -0.2) is 0 Å². The first kappa shape index (κ1) is 50.7. The first-order valence-corrected chi connectivity index (χ1v) is 29.2. The van der Waals surface area contributed by atoms with Crippen molar-refractivity contribution < 1.29 is 0 Å². The van der Waals surface area contributed by atoms with E-state index in [1.165, 1.54) is 141 Å². The topological polar surface area (TPSA) is 9.72 Å². The van der Waals surface area contributed by atoms with E-state index in [1.54, 1.807) is 0 Å². The van der Waals surface area contributed by atoms with Crippen LogP contribution in [0.4, 0.5) is 51.2 Å². The highest BCUT2D eigenvalue weighted by Gasteiger charge is 2.49. The predicted molar refractivity (Wildman–Crippen MR) is 336 cm³/mol. The number of fused-ring (bicyclic) bond motifs is 9. The van der Waals surface area contributed by atoms with Crippen LogP contribution < -0.4 is 31.1 Å². The molecule has 0 radical (unpaired) electrons. The van der Waals surface area contributed by atoms with Crippen LogP contribution in [0.15, 0.2) is 146 Å². The average Bonchev–Trinajstić information content (AvgIpc) is 2.72. The van der Waals surface area contributed by atoms with Gasteiger partial charge in [-0.05, 0) is 212 Å². The Bertz CT molecular complexity index is 3790. The third kappa shape index (κ3) is 7.43. The van der Waals surface area contributed by atoms with Gasteiger partial charge in [0.15, 0.2) is 0 Å². The van der Waals surface area contributed by atoms with Crippen LogP contribution in [0.2, 0.25) is 0 Å². The Morgan fingerprint density at radius 2 is 1.00 bits per heavy atom. The fraction of sp³-hybridized carbons (Fsp3) is 0.351. The minimum absolute atomic E-state index is 0.0230. The molecule has 0 aromatic heterocycles. The number of hydrogen-bond acceptors (Lipinski definition) is 3. The van der Waals surface area contributed by atoms with E-state index in [-0.39, 0.29) is 39.2 Å². The van der Waals surface area contributed by atoms with Gasteiger partial charge in [0, 0.05) is 56.5 Å². The number of hydrogen-bond donors (Lipinski definition) is 0. The Morgan fingerprint density at radius 1 is 0.436 bits per heavy atom. The zero-order valence-corrected chi connectivity index (χ0v) is 49.6. The zero-order valence-electron chi connectivity index (χ0n) is 49.6. The summed E-state index contributed by atoms with van der Waals surface area (Å²) in [5.41, 5.74) is 31.8. The van der Waals surface area contributed by atoms with Crippen LogP contribution in [0.5, 0.6) is 0 Å². The minimum Gasteiger partial charge on any atom is -0.311 e. The lowest BCUT2D eigenvalue weighted by molar-refractivity contribution is 0.332. The van der Waals surface area contributed by atoms with Crippen molar-refractivity contribution in [1.29, 1.82) is 0 Å². The summed E-state index contributed by atoms with van der Waals surface area (Å²) >= 11 is 0. The average molecular weight is 1020 g/mol. The molecule has 8 aromatic carbocycles. The molecule has 0 amide bonds. The normalized spacial score (nSPS) is 18.2. The molecule has 0 spiro atoms. The van der Waals surface area contributed by atoms with Gasteiger partial charge in [-0.1, -0.05) is 175 Å². The molecule has 0 unspecified atom stereocenters. The van der Waals surface area contributed by atoms with E-state index >= 15 is 0 Å². The Labute approximate surface area is 467 Å². The highest BCUT2D eigenvalue weighted by atomic mass is 15.2. The molecule has 8 aromatic rings. The van der Waals surface area contributed by atoms with E-state index in [0.717, 1.165) is 18.5 Å². The van der Waals surface area contributed by atoms with E-state index in [2.05, 4.69) is 271 Å². The van der Waals surface area contributed by atoms with Crippen molar-refractivity contribution >= 4 is 74.3 Å². The maximum atomic E-state index is 2.71. The number of aryl methyl sites for hydroxylation is 3. The van der Waals surface area contributed by atoms with Crippen LogP contribution in [0, 0.1) is 20.8 Å². The predicted octanol–water partition coefficient (Wildman–Crippen LogP) is 18.5. The highest BCUT2D eigenvalue weighted by molar-refractivity contribution is 7.00. The first-order chi connectivity index (χ1) is 36.8. The van der Waals surface area contributed by atoms with Crippen LogP contribution >= 0.6 is 0 Å². The Kier molecular flexibility index (Phi) is 11.0. The van der Waals surface area contributed by atoms with Crippen molar-refractivity contribution in [2.45, 2.75) is 169 Å². The minimum atomic E-state index is -0.201. The Morgan fingerprint density at radius 3 is 1.62 bits per heavy atom. The highest BCUT2D eigenvalue weighted by Crippen LogP contribution is 2.58. The van der Waals surface area contributed by atoms with Crippen molar-refractivity contribution in [3.63, 3.8) is 0 Å². The standard InChI is InChI=1S/C74H80BN3/c1-45-38-65-68-66(39-45)78(62-27-21-24-53-67(62)51-31-28-48(69(4,5)6)40-54(51)74(53,15)16)63-42-50(76(60-25-19-17-22-46(60)2)61-26-20-18-23-47(61)3)30-33-58(63)75(68)59-43-56-57(73(13,14)37-36-72(56,11)12)44-64(59)77(65)49-29-32-52-55(41-49)71(9,10)35-34-70(52,7)8/h17-33,38-44H,34-37H2,1-16H3. The van der Waals surface area contributed by atoms with Gasteiger partial charge < -0.3 is 14.7 Å². The third-order valence-electron chi connectivity index (χ3n) is 20.0. The maximum absolute atomic E-state index is 2.71. The number of para-hydroxylation sites is 2. The van der Waals surface area contributed by atoms with E-state index in [1.807, 2.05) is 0 Å². The fourth-order valence-corrected chi connectivity index (χ4v) is 15.0. The molecule has 394 valence electrons. The number of benzene rings is 8. The lowest BCUT2D eigenvalue weighted by atomic mass is 9.33. The second kappa shape index (κ2) is 16.9. The van der Waals surface area contributed by atoms with E-state index in [9.17, 15) is 0 Å². The van der Waals surface area contributed by atoms with Crippen LogP contribution in [0.3, 0.4) is 0 Å². The molecule has 3 nitrogen and oxygen atoms in total. The Hall–Kier alpha value is -6.78. The van der Waals surface area contributed by atoms with Crippen LogP contribution in [0.1, 0.15) is 171 Å². The number of anilines is 9. The van der Waals surface area contributed by atoms with Gasteiger partial charge in [0.05, 0.1) is 5.69 Å². The monoisotopic (exact) mass is 1020 g/mol. The van der Waals surface area contributed by atoms with Gasteiger partial charge in [-0.15, -0.1) is 0 Å². The smallest absolute Gasteiger partial charge is 0.252 e. The molecule has 0 saturated carbocycles.